The van der Waals surface area contributed by atoms with Gasteiger partial charge in [-0.3, -0.25) is 4.79 Å². The molecular formula is C17H16N2O3. The summed E-state index contributed by atoms with van der Waals surface area (Å²) in [7, 11) is 3.05. The van der Waals surface area contributed by atoms with Gasteiger partial charge in [-0.2, -0.15) is 5.26 Å². The second kappa shape index (κ2) is 7.14. The molecule has 1 N–H and O–H groups in total. The van der Waals surface area contributed by atoms with Gasteiger partial charge < -0.3 is 14.8 Å². The van der Waals surface area contributed by atoms with Gasteiger partial charge in [-0.25, -0.2) is 0 Å². The molecule has 0 bridgehead atoms. The summed E-state index contributed by atoms with van der Waals surface area (Å²) in [6.07, 6.45) is 0. The van der Waals surface area contributed by atoms with Gasteiger partial charge in [-0.15, -0.1) is 0 Å². The van der Waals surface area contributed by atoms with Gasteiger partial charge in [0.1, 0.15) is 11.5 Å². The van der Waals surface area contributed by atoms with Crippen molar-refractivity contribution in [2.24, 2.45) is 0 Å². The van der Waals surface area contributed by atoms with E-state index in [1.165, 1.54) is 7.11 Å². The van der Waals surface area contributed by atoms with Crippen LogP contribution >= 0.6 is 0 Å². The van der Waals surface area contributed by atoms with E-state index < -0.39 is 0 Å². The van der Waals surface area contributed by atoms with Crippen molar-refractivity contribution in [2.45, 2.75) is 6.54 Å². The Hall–Kier alpha value is -3.00. The average molecular weight is 296 g/mol. The van der Waals surface area contributed by atoms with Crippen molar-refractivity contribution in [3.8, 4) is 17.6 Å². The maximum atomic E-state index is 12.3. The van der Waals surface area contributed by atoms with Crippen LogP contribution in [0.3, 0.4) is 0 Å². The van der Waals surface area contributed by atoms with Crippen LogP contribution < -0.4 is 14.8 Å². The van der Waals surface area contributed by atoms with Crippen LogP contribution in [0.15, 0.2) is 42.5 Å². The number of carbonyl (C=O) groups excluding carboxylic acids is 1. The molecule has 0 unspecified atom stereocenters. The number of rotatable bonds is 5. The van der Waals surface area contributed by atoms with Crippen LogP contribution in [0.1, 0.15) is 21.5 Å². The van der Waals surface area contributed by atoms with E-state index in [9.17, 15) is 4.79 Å². The normalized spacial score (nSPS) is 9.68. The van der Waals surface area contributed by atoms with Gasteiger partial charge in [0.15, 0.2) is 0 Å². The third kappa shape index (κ3) is 3.55. The molecule has 5 nitrogen and oxygen atoms in total. The van der Waals surface area contributed by atoms with E-state index in [-0.39, 0.29) is 5.91 Å². The van der Waals surface area contributed by atoms with Crippen molar-refractivity contribution in [1.82, 2.24) is 5.32 Å². The zero-order valence-electron chi connectivity index (χ0n) is 12.4. The summed E-state index contributed by atoms with van der Waals surface area (Å²) in [4.78, 5) is 12.3. The number of carbonyl (C=O) groups is 1. The molecule has 5 heteroatoms. The van der Waals surface area contributed by atoms with Crippen molar-refractivity contribution in [1.29, 1.82) is 5.26 Å². The molecule has 1 amide bonds. The lowest BCUT2D eigenvalue weighted by atomic mass is 10.1. The van der Waals surface area contributed by atoms with Crippen molar-refractivity contribution >= 4 is 5.91 Å². The van der Waals surface area contributed by atoms with Crippen molar-refractivity contribution < 1.29 is 14.3 Å². The maximum absolute atomic E-state index is 12.3. The topological polar surface area (TPSA) is 71.3 Å². The van der Waals surface area contributed by atoms with E-state index in [0.717, 1.165) is 5.56 Å². The number of benzene rings is 2. The molecule has 0 atom stereocenters. The minimum Gasteiger partial charge on any atom is -0.497 e. The number of hydrogen-bond acceptors (Lipinski definition) is 4. The Balaban J connectivity index is 2.10. The van der Waals surface area contributed by atoms with Crippen LogP contribution in [0.25, 0.3) is 0 Å². The largest absolute Gasteiger partial charge is 0.497 e. The Morgan fingerprint density at radius 1 is 1.18 bits per heavy atom. The monoisotopic (exact) mass is 296 g/mol. The molecule has 0 saturated carbocycles. The molecule has 0 radical (unpaired) electrons. The number of nitrogens with one attached hydrogen (secondary N) is 1. The lowest BCUT2D eigenvalue weighted by Gasteiger charge is -2.11. The van der Waals surface area contributed by atoms with Gasteiger partial charge in [0.25, 0.3) is 5.91 Å². The molecule has 0 fully saturated rings. The van der Waals surface area contributed by atoms with Gasteiger partial charge in [-0.05, 0) is 29.8 Å². The smallest absolute Gasteiger partial charge is 0.255 e. The summed E-state index contributed by atoms with van der Waals surface area (Å²) in [5.74, 6) is 0.819. The summed E-state index contributed by atoms with van der Waals surface area (Å²) in [5.41, 5.74) is 1.85. The van der Waals surface area contributed by atoms with Crippen LogP contribution in [-0.2, 0) is 6.54 Å². The van der Waals surface area contributed by atoms with Crippen LogP contribution in [-0.4, -0.2) is 20.1 Å². The Labute approximate surface area is 129 Å². The molecule has 2 rings (SSSR count). The molecule has 0 aliphatic rings. The number of nitrogens with zero attached hydrogens (tertiary/aromatic N) is 1. The fourth-order valence-corrected chi connectivity index (χ4v) is 2.01. The maximum Gasteiger partial charge on any atom is 0.255 e. The van der Waals surface area contributed by atoms with E-state index in [2.05, 4.69) is 11.4 Å². The zero-order valence-corrected chi connectivity index (χ0v) is 12.4. The summed E-state index contributed by atoms with van der Waals surface area (Å²) in [5, 5.41) is 11.7. The summed E-state index contributed by atoms with van der Waals surface area (Å²) < 4.78 is 10.3. The highest BCUT2D eigenvalue weighted by Crippen LogP contribution is 2.24. The van der Waals surface area contributed by atoms with Crippen molar-refractivity contribution in [3.05, 3.63) is 59.2 Å². The summed E-state index contributed by atoms with van der Waals surface area (Å²) in [6.45, 7) is 0.337. The lowest BCUT2D eigenvalue weighted by molar-refractivity contribution is 0.0948. The molecule has 112 valence electrons. The number of nitriles is 1. The van der Waals surface area contributed by atoms with Crippen LogP contribution in [0.2, 0.25) is 0 Å². The minimum absolute atomic E-state index is 0.248. The van der Waals surface area contributed by atoms with Crippen LogP contribution in [0, 0.1) is 11.3 Å². The predicted octanol–water partition coefficient (Wildman–Crippen LogP) is 2.51. The first-order chi connectivity index (χ1) is 10.7. The SMILES string of the molecule is COc1ccc(C(=O)NCc2cccc(C#N)c2)c(OC)c1. The molecule has 0 aliphatic heterocycles. The highest BCUT2D eigenvalue weighted by Gasteiger charge is 2.13. The molecular weight excluding hydrogens is 280 g/mol. The van der Waals surface area contributed by atoms with Crippen molar-refractivity contribution in [3.63, 3.8) is 0 Å². The second-order valence-electron chi connectivity index (χ2n) is 4.56. The molecule has 22 heavy (non-hydrogen) atoms. The van der Waals surface area contributed by atoms with E-state index in [0.29, 0.717) is 29.2 Å². The first-order valence-electron chi connectivity index (χ1n) is 6.67. The third-order valence-corrected chi connectivity index (χ3v) is 3.16. The molecule has 0 heterocycles. The van der Waals surface area contributed by atoms with E-state index in [4.69, 9.17) is 14.7 Å². The fraction of sp³-hybridized carbons (Fsp3) is 0.176. The zero-order chi connectivity index (χ0) is 15.9. The number of ether oxygens (including phenoxy) is 2. The lowest BCUT2D eigenvalue weighted by Crippen LogP contribution is -2.23. The number of amides is 1. The highest BCUT2D eigenvalue weighted by molar-refractivity contribution is 5.97. The summed E-state index contributed by atoms with van der Waals surface area (Å²) in [6, 6.07) is 14.2. The van der Waals surface area contributed by atoms with E-state index in [1.807, 2.05) is 6.07 Å². The van der Waals surface area contributed by atoms with Gasteiger partial charge >= 0.3 is 0 Å². The van der Waals surface area contributed by atoms with E-state index >= 15 is 0 Å². The average Bonchev–Trinajstić information content (AvgIpc) is 2.59. The molecule has 0 aromatic heterocycles. The van der Waals surface area contributed by atoms with Gasteiger partial charge in [-0.1, -0.05) is 12.1 Å². The molecule has 0 spiro atoms. The van der Waals surface area contributed by atoms with Crippen LogP contribution in [0.5, 0.6) is 11.5 Å². The van der Waals surface area contributed by atoms with Crippen molar-refractivity contribution in [2.75, 3.05) is 14.2 Å². The standard InChI is InChI=1S/C17H16N2O3/c1-21-14-6-7-15(16(9-14)22-2)17(20)19-11-13-5-3-4-12(8-13)10-18/h3-9H,11H2,1-2H3,(H,19,20). The Bertz CT molecular complexity index is 720. The van der Waals surface area contributed by atoms with E-state index in [1.54, 1.807) is 43.5 Å². The Morgan fingerprint density at radius 3 is 2.68 bits per heavy atom. The third-order valence-electron chi connectivity index (χ3n) is 3.16. The number of methoxy groups -OCH3 is 2. The van der Waals surface area contributed by atoms with Crippen LogP contribution in [0.4, 0.5) is 0 Å². The van der Waals surface area contributed by atoms with Gasteiger partial charge in [0.2, 0.25) is 0 Å². The van der Waals surface area contributed by atoms with Gasteiger partial charge in [0, 0.05) is 12.6 Å². The van der Waals surface area contributed by atoms with Gasteiger partial charge in [0.05, 0.1) is 31.4 Å². The second-order valence-corrected chi connectivity index (χ2v) is 4.56. The number of hydrogen-bond donors (Lipinski definition) is 1. The first-order valence-corrected chi connectivity index (χ1v) is 6.67. The Kier molecular flexibility index (Phi) is 4.99. The Morgan fingerprint density at radius 2 is 2.00 bits per heavy atom. The molecule has 0 saturated heterocycles. The molecule has 2 aromatic rings. The fourth-order valence-electron chi connectivity index (χ4n) is 2.01. The minimum atomic E-state index is -0.248. The molecule has 0 aliphatic carbocycles. The summed E-state index contributed by atoms with van der Waals surface area (Å²) >= 11 is 0. The first kappa shape index (κ1) is 15.4. The highest BCUT2D eigenvalue weighted by atomic mass is 16.5. The quantitative estimate of drug-likeness (QED) is 0.920. The molecule has 2 aromatic carbocycles. The predicted molar refractivity (Wildman–Crippen MR) is 81.9 cm³/mol.